The predicted molar refractivity (Wildman–Crippen MR) is 119 cm³/mol. The second kappa shape index (κ2) is 8.82. The van der Waals surface area contributed by atoms with E-state index in [1.54, 1.807) is 19.2 Å². The minimum atomic E-state index is -0.259. The molecule has 1 atom stereocenters. The fourth-order valence-electron chi connectivity index (χ4n) is 3.72. The van der Waals surface area contributed by atoms with Crippen LogP contribution in [0.1, 0.15) is 34.7 Å². The maximum Gasteiger partial charge on any atom is 0.255 e. The van der Waals surface area contributed by atoms with E-state index in [0.717, 1.165) is 29.8 Å². The van der Waals surface area contributed by atoms with E-state index in [9.17, 15) is 4.79 Å². The van der Waals surface area contributed by atoms with Gasteiger partial charge in [0.2, 0.25) is 0 Å². The Kier molecular flexibility index (Phi) is 5.80. The van der Waals surface area contributed by atoms with E-state index in [1.807, 2.05) is 43.3 Å². The van der Waals surface area contributed by atoms with Crippen LogP contribution < -0.4 is 10.1 Å². The van der Waals surface area contributed by atoms with E-state index in [2.05, 4.69) is 40.2 Å². The Hall–Kier alpha value is -3.60. The van der Waals surface area contributed by atoms with Crippen LogP contribution in [0.4, 0.5) is 0 Å². The molecule has 3 aromatic carbocycles. The molecule has 1 heterocycles. The van der Waals surface area contributed by atoms with Crippen molar-refractivity contribution in [2.45, 2.75) is 25.9 Å². The lowest BCUT2D eigenvalue weighted by Crippen LogP contribution is -2.29. The molecule has 1 N–H and O–H groups in total. The van der Waals surface area contributed by atoms with E-state index in [4.69, 9.17) is 9.72 Å². The number of aryl methyl sites for hydroxylation is 2. The molecular weight excluding hydrogens is 374 g/mol. The highest BCUT2D eigenvalue weighted by Crippen LogP contribution is 2.23. The molecule has 4 aromatic rings. The van der Waals surface area contributed by atoms with Gasteiger partial charge in [-0.15, -0.1) is 0 Å². The molecule has 0 fully saturated rings. The minimum Gasteiger partial charge on any atom is -0.496 e. The maximum atomic E-state index is 12.9. The summed E-state index contributed by atoms with van der Waals surface area (Å²) in [6.45, 7) is 2.75. The summed E-state index contributed by atoms with van der Waals surface area (Å²) in [5.74, 6) is 1.22. The first kappa shape index (κ1) is 19.7. The van der Waals surface area contributed by atoms with Gasteiger partial charge in [0, 0.05) is 6.54 Å². The fraction of sp³-hybridized carbons (Fsp3) is 0.200. The van der Waals surface area contributed by atoms with Crippen LogP contribution in [-0.2, 0) is 13.0 Å². The molecule has 0 saturated heterocycles. The molecule has 0 saturated carbocycles. The number of amides is 1. The van der Waals surface area contributed by atoms with Gasteiger partial charge in [-0.1, -0.05) is 54.6 Å². The quantitative estimate of drug-likeness (QED) is 0.487. The van der Waals surface area contributed by atoms with Crippen LogP contribution >= 0.6 is 0 Å². The highest BCUT2D eigenvalue weighted by Gasteiger charge is 2.20. The second-order valence-corrected chi connectivity index (χ2v) is 7.24. The molecule has 4 rings (SSSR count). The van der Waals surface area contributed by atoms with Crippen molar-refractivity contribution in [1.82, 2.24) is 14.9 Å². The molecular formula is C25H25N3O2. The summed E-state index contributed by atoms with van der Waals surface area (Å²) < 4.78 is 7.54. The second-order valence-electron chi connectivity index (χ2n) is 7.24. The molecule has 0 bridgehead atoms. The Morgan fingerprint density at radius 1 is 1.00 bits per heavy atom. The summed E-state index contributed by atoms with van der Waals surface area (Å²) in [5, 5.41) is 3.08. The molecule has 1 aromatic heterocycles. The monoisotopic (exact) mass is 399 g/mol. The third-order valence-corrected chi connectivity index (χ3v) is 5.24. The molecule has 5 heteroatoms. The SMILES string of the molecule is COc1ccccc1C(=O)NC(C)c1nc2ccccc2n1CCc1ccccc1. The average molecular weight is 399 g/mol. The number of nitrogens with zero attached hydrogens (tertiary/aromatic N) is 2. The van der Waals surface area contributed by atoms with Crippen LogP contribution in [0, 0.1) is 0 Å². The number of para-hydroxylation sites is 3. The van der Waals surface area contributed by atoms with Crippen molar-refractivity contribution in [3.05, 3.63) is 95.8 Å². The topological polar surface area (TPSA) is 56.1 Å². The lowest BCUT2D eigenvalue weighted by atomic mass is 10.1. The zero-order chi connectivity index (χ0) is 20.9. The van der Waals surface area contributed by atoms with Crippen molar-refractivity contribution in [1.29, 1.82) is 0 Å². The Balaban J connectivity index is 1.61. The lowest BCUT2D eigenvalue weighted by molar-refractivity contribution is 0.0934. The summed E-state index contributed by atoms with van der Waals surface area (Å²) in [6.07, 6.45) is 0.890. The van der Waals surface area contributed by atoms with Gasteiger partial charge in [-0.25, -0.2) is 4.98 Å². The summed E-state index contributed by atoms with van der Waals surface area (Å²) in [7, 11) is 1.57. The first-order chi connectivity index (χ1) is 14.7. The molecule has 0 aliphatic heterocycles. The number of carbonyl (C=O) groups excluding carboxylic acids is 1. The van der Waals surface area contributed by atoms with Crippen LogP contribution in [0.15, 0.2) is 78.9 Å². The Labute approximate surface area is 176 Å². The molecule has 1 unspecified atom stereocenters. The van der Waals surface area contributed by atoms with E-state index in [-0.39, 0.29) is 11.9 Å². The number of methoxy groups -OCH3 is 1. The largest absolute Gasteiger partial charge is 0.496 e. The van der Waals surface area contributed by atoms with Gasteiger partial charge in [-0.2, -0.15) is 0 Å². The zero-order valence-electron chi connectivity index (χ0n) is 17.2. The highest BCUT2D eigenvalue weighted by molar-refractivity contribution is 5.97. The van der Waals surface area contributed by atoms with Crippen molar-refractivity contribution in [2.24, 2.45) is 0 Å². The van der Waals surface area contributed by atoms with E-state index in [0.29, 0.717) is 11.3 Å². The Bertz CT molecular complexity index is 1150. The number of benzene rings is 3. The average Bonchev–Trinajstić information content (AvgIpc) is 3.17. The number of hydrogen-bond donors (Lipinski definition) is 1. The van der Waals surface area contributed by atoms with Gasteiger partial charge in [-0.05, 0) is 43.2 Å². The number of ether oxygens (including phenoxy) is 1. The smallest absolute Gasteiger partial charge is 0.255 e. The van der Waals surface area contributed by atoms with Crippen LogP contribution in [0.25, 0.3) is 11.0 Å². The third-order valence-electron chi connectivity index (χ3n) is 5.24. The fourth-order valence-corrected chi connectivity index (χ4v) is 3.72. The summed E-state index contributed by atoms with van der Waals surface area (Å²) in [4.78, 5) is 17.7. The first-order valence-corrected chi connectivity index (χ1v) is 10.1. The number of hydrogen-bond acceptors (Lipinski definition) is 3. The third kappa shape index (κ3) is 4.06. The number of rotatable bonds is 7. The number of fused-ring (bicyclic) bond motifs is 1. The van der Waals surface area contributed by atoms with Gasteiger partial charge < -0.3 is 14.6 Å². The number of nitrogens with one attached hydrogen (secondary N) is 1. The van der Waals surface area contributed by atoms with E-state index < -0.39 is 0 Å². The Morgan fingerprint density at radius 2 is 1.70 bits per heavy atom. The standard InChI is InChI=1S/C25H25N3O2/c1-18(26-25(29)20-12-6-9-15-23(20)30-2)24-27-21-13-7-8-14-22(21)28(24)17-16-19-10-4-3-5-11-19/h3-15,18H,16-17H2,1-2H3,(H,26,29). The zero-order valence-corrected chi connectivity index (χ0v) is 17.2. The van der Waals surface area contributed by atoms with Crippen molar-refractivity contribution in [3.63, 3.8) is 0 Å². The molecule has 1 amide bonds. The number of imidazole rings is 1. The minimum absolute atomic E-state index is 0.179. The number of carbonyl (C=O) groups is 1. The Morgan fingerprint density at radius 3 is 2.50 bits per heavy atom. The molecule has 152 valence electrons. The molecule has 0 radical (unpaired) electrons. The van der Waals surface area contributed by atoms with Crippen LogP contribution in [0.5, 0.6) is 5.75 Å². The van der Waals surface area contributed by atoms with Crippen molar-refractivity contribution < 1.29 is 9.53 Å². The molecule has 30 heavy (non-hydrogen) atoms. The van der Waals surface area contributed by atoms with Gasteiger partial charge >= 0.3 is 0 Å². The summed E-state index contributed by atoms with van der Waals surface area (Å²) in [6, 6.07) is 25.4. The molecule has 0 aliphatic rings. The maximum absolute atomic E-state index is 12.9. The highest BCUT2D eigenvalue weighted by atomic mass is 16.5. The lowest BCUT2D eigenvalue weighted by Gasteiger charge is -2.17. The van der Waals surface area contributed by atoms with Gasteiger partial charge in [0.15, 0.2) is 0 Å². The molecule has 5 nitrogen and oxygen atoms in total. The van der Waals surface area contributed by atoms with Crippen molar-refractivity contribution >= 4 is 16.9 Å². The van der Waals surface area contributed by atoms with Crippen molar-refractivity contribution in [3.8, 4) is 5.75 Å². The van der Waals surface area contributed by atoms with Gasteiger partial charge in [-0.3, -0.25) is 4.79 Å². The van der Waals surface area contributed by atoms with Crippen LogP contribution in [-0.4, -0.2) is 22.6 Å². The normalized spacial score (nSPS) is 11.9. The summed E-state index contributed by atoms with van der Waals surface area (Å²) in [5.41, 5.74) is 3.78. The van der Waals surface area contributed by atoms with Crippen LogP contribution in [0.2, 0.25) is 0 Å². The summed E-state index contributed by atoms with van der Waals surface area (Å²) >= 11 is 0. The van der Waals surface area contributed by atoms with Gasteiger partial charge in [0.05, 0.1) is 29.7 Å². The first-order valence-electron chi connectivity index (χ1n) is 10.1. The predicted octanol–water partition coefficient (Wildman–Crippen LogP) is 4.78. The number of aromatic nitrogens is 2. The van der Waals surface area contributed by atoms with E-state index in [1.165, 1.54) is 5.56 Å². The van der Waals surface area contributed by atoms with Crippen molar-refractivity contribution in [2.75, 3.05) is 7.11 Å². The van der Waals surface area contributed by atoms with Crippen LogP contribution in [0.3, 0.4) is 0 Å². The molecule has 0 aliphatic carbocycles. The molecule has 0 spiro atoms. The van der Waals surface area contributed by atoms with E-state index >= 15 is 0 Å². The van der Waals surface area contributed by atoms with Gasteiger partial charge in [0.1, 0.15) is 11.6 Å². The van der Waals surface area contributed by atoms with Gasteiger partial charge in [0.25, 0.3) is 5.91 Å².